The number of rotatable bonds is 2. The fourth-order valence-corrected chi connectivity index (χ4v) is 0.861. The van der Waals surface area contributed by atoms with Crippen LogP contribution in [0.15, 0.2) is 0 Å². The molecule has 2 N–H and O–H groups in total. The van der Waals surface area contributed by atoms with E-state index in [9.17, 15) is 4.79 Å². The van der Waals surface area contributed by atoms with Gasteiger partial charge < -0.3 is 19.7 Å². The van der Waals surface area contributed by atoms with Crippen molar-refractivity contribution in [1.29, 1.82) is 0 Å². The zero-order valence-corrected chi connectivity index (χ0v) is 5.90. The SMILES string of the molecule is O=C1[C@@H](CO)OCO[C@@H]1CO. The van der Waals surface area contributed by atoms with Crippen LogP contribution < -0.4 is 0 Å². The highest BCUT2D eigenvalue weighted by molar-refractivity contribution is 5.88. The molecule has 1 aliphatic heterocycles. The van der Waals surface area contributed by atoms with E-state index in [2.05, 4.69) is 0 Å². The van der Waals surface area contributed by atoms with Crippen molar-refractivity contribution in [1.82, 2.24) is 0 Å². The van der Waals surface area contributed by atoms with Crippen molar-refractivity contribution in [3.63, 3.8) is 0 Å². The summed E-state index contributed by atoms with van der Waals surface area (Å²) in [6, 6.07) is 0. The highest BCUT2D eigenvalue weighted by Gasteiger charge is 2.31. The Morgan fingerprint density at radius 1 is 1.27 bits per heavy atom. The molecule has 0 bridgehead atoms. The molecule has 0 aromatic carbocycles. The lowest BCUT2D eigenvalue weighted by Gasteiger charge is -2.25. The number of ketones is 1. The molecule has 0 aromatic heterocycles. The van der Waals surface area contributed by atoms with Crippen LogP contribution in [0.5, 0.6) is 0 Å². The van der Waals surface area contributed by atoms with Crippen LogP contribution in [0, 0.1) is 0 Å². The summed E-state index contributed by atoms with van der Waals surface area (Å²) < 4.78 is 9.48. The molecule has 0 unspecified atom stereocenters. The maximum atomic E-state index is 11.0. The first kappa shape index (κ1) is 8.61. The number of hydrogen-bond donors (Lipinski definition) is 2. The van der Waals surface area contributed by atoms with Gasteiger partial charge in [-0.3, -0.25) is 4.79 Å². The molecular formula is C6H10O5. The number of aliphatic hydroxyl groups is 2. The van der Waals surface area contributed by atoms with Gasteiger partial charge in [-0.1, -0.05) is 0 Å². The quantitative estimate of drug-likeness (QED) is 0.505. The summed E-state index contributed by atoms with van der Waals surface area (Å²) in [4.78, 5) is 11.0. The van der Waals surface area contributed by atoms with Gasteiger partial charge in [-0.25, -0.2) is 0 Å². The summed E-state index contributed by atoms with van der Waals surface area (Å²) in [5.74, 6) is -0.402. The highest BCUT2D eigenvalue weighted by atomic mass is 16.7. The predicted octanol–water partition coefficient (Wildman–Crippen LogP) is -1.72. The molecule has 1 aliphatic rings. The Hall–Kier alpha value is -0.490. The molecule has 1 saturated heterocycles. The van der Waals surface area contributed by atoms with Crippen LogP contribution in [-0.2, 0) is 14.3 Å². The molecule has 1 fully saturated rings. The number of hydrogen-bond acceptors (Lipinski definition) is 5. The molecule has 2 atom stereocenters. The summed E-state index contributed by atoms with van der Waals surface area (Å²) >= 11 is 0. The van der Waals surface area contributed by atoms with Crippen molar-refractivity contribution in [2.75, 3.05) is 20.0 Å². The summed E-state index contributed by atoms with van der Waals surface area (Å²) in [5, 5.41) is 17.2. The van der Waals surface area contributed by atoms with E-state index in [1.807, 2.05) is 0 Å². The molecular weight excluding hydrogens is 152 g/mol. The van der Waals surface area contributed by atoms with Crippen LogP contribution in [0.2, 0.25) is 0 Å². The fraction of sp³-hybridized carbons (Fsp3) is 0.833. The first-order valence-corrected chi connectivity index (χ1v) is 3.28. The molecule has 0 aliphatic carbocycles. The zero-order valence-electron chi connectivity index (χ0n) is 5.90. The molecule has 0 saturated carbocycles. The fourth-order valence-electron chi connectivity index (χ4n) is 0.861. The maximum absolute atomic E-state index is 11.0. The van der Waals surface area contributed by atoms with Crippen molar-refractivity contribution in [3.8, 4) is 0 Å². The largest absolute Gasteiger partial charge is 0.393 e. The van der Waals surface area contributed by atoms with Gasteiger partial charge in [0.2, 0.25) is 0 Å². The molecule has 1 heterocycles. The van der Waals surface area contributed by atoms with Gasteiger partial charge in [0.25, 0.3) is 0 Å². The number of aliphatic hydroxyl groups excluding tert-OH is 2. The second-order valence-electron chi connectivity index (χ2n) is 2.20. The Kier molecular flexibility index (Phi) is 2.95. The summed E-state index contributed by atoms with van der Waals surface area (Å²) in [7, 11) is 0. The van der Waals surface area contributed by atoms with Gasteiger partial charge in [0, 0.05) is 0 Å². The third-order valence-corrected chi connectivity index (χ3v) is 1.50. The van der Waals surface area contributed by atoms with Gasteiger partial charge in [-0.15, -0.1) is 0 Å². The highest BCUT2D eigenvalue weighted by Crippen LogP contribution is 2.08. The molecule has 0 radical (unpaired) electrons. The summed E-state index contributed by atoms with van der Waals surface area (Å²) in [5.41, 5.74) is 0. The number of ether oxygens (including phenoxy) is 2. The molecule has 5 nitrogen and oxygen atoms in total. The Morgan fingerprint density at radius 3 is 2.09 bits per heavy atom. The molecule has 1 rings (SSSR count). The van der Waals surface area contributed by atoms with Crippen molar-refractivity contribution in [3.05, 3.63) is 0 Å². The molecule has 0 amide bonds. The van der Waals surface area contributed by atoms with Crippen LogP contribution in [0.25, 0.3) is 0 Å². The minimum absolute atomic E-state index is 0.0534. The Balaban J connectivity index is 2.52. The summed E-state index contributed by atoms with van der Waals surface area (Å²) in [6.45, 7) is -0.778. The van der Waals surface area contributed by atoms with Gasteiger partial charge in [0.15, 0.2) is 5.78 Å². The molecule has 5 heteroatoms. The van der Waals surface area contributed by atoms with Crippen molar-refractivity contribution in [2.24, 2.45) is 0 Å². The lowest BCUT2D eigenvalue weighted by molar-refractivity contribution is -0.195. The van der Waals surface area contributed by atoms with E-state index in [-0.39, 0.29) is 20.0 Å². The van der Waals surface area contributed by atoms with E-state index in [1.54, 1.807) is 0 Å². The lowest BCUT2D eigenvalue weighted by atomic mass is 10.1. The minimum Gasteiger partial charge on any atom is -0.393 e. The Morgan fingerprint density at radius 2 is 1.73 bits per heavy atom. The second kappa shape index (κ2) is 3.77. The van der Waals surface area contributed by atoms with Crippen molar-refractivity contribution < 1.29 is 24.5 Å². The van der Waals surface area contributed by atoms with Crippen LogP contribution in [0.3, 0.4) is 0 Å². The number of carbonyl (C=O) groups is 1. The van der Waals surface area contributed by atoms with E-state index in [4.69, 9.17) is 19.7 Å². The molecule has 64 valence electrons. The number of carbonyl (C=O) groups excluding carboxylic acids is 1. The standard InChI is InChI=1S/C6H10O5/c7-1-4-6(9)5(2-8)11-3-10-4/h4-5,7-8H,1-3H2/t4-,5-/m1/s1. The molecule has 0 aromatic rings. The average molecular weight is 162 g/mol. The lowest BCUT2D eigenvalue weighted by Crippen LogP contribution is -2.45. The van der Waals surface area contributed by atoms with Gasteiger partial charge in [0.1, 0.15) is 19.0 Å². The second-order valence-corrected chi connectivity index (χ2v) is 2.20. The summed E-state index contributed by atoms with van der Waals surface area (Å²) in [6.07, 6.45) is -1.67. The van der Waals surface area contributed by atoms with E-state index in [1.165, 1.54) is 0 Å². The van der Waals surface area contributed by atoms with Crippen LogP contribution in [-0.4, -0.2) is 48.2 Å². The topological polar surface area (TPSA) is 76.0 Å². The van der Waals surface area contributed by atoms with E-state index in [0.29, 0.717) is 0 Å². The number of Topliss-reactive ketones (excluding diaryl/α,β-unsaturated/α-hetero) is 1. The predicted molar refractivity (Wildman–Crippen MR) is 33.8 cm³/mol. The van der Waals surface area contributed by atoms with Gasteiger partial charge in [-0.2, -0.15) is 0 Å². The van der Waals surface area contributed by atoms with Crippen LogP contribution in [0.1, 0.15) is 0 Å². The smallest absolute Gasteiger partial charge is 0.195 e. The van der Waals surface area contributed by atoms with Gasteiger partial charge in [-0.05, 0) is 0 Å². The van der Waals surface area contributed by atoms with Gasteiger partial charge >= 0.3 is 0 Å². The van der Waals surface area contributed by atoms with Gasteiger partial charge in [0.05, 0.1) is 13.2 Å². The van der Waals surface area contributed by atoms with E-state index in [0.717, 1.165) is 0 Å². The van der Waals surface area contributed by atoms with Crippen molar-refractivity contribution >= 4 is 5.78 Å². The third-order valence-electron chi connectivity index (χ3n) is 1.50. The molecule has 0 spiro atoms. The van der Waals surface area contributed by atoms with Crippen LogP contribution in [0.4, 0.5) is 0 Å². The zero-order chi connectivity index (χ0) is 8.27. The van der Waals surface area contributed by atoms with Crippen LogP contribution >= 0.6 is 0 Å². The minimum atomic E-state index is -0.833. The molecule has 11 heavy (non-hydrogen) atoms. The van der Waals surface area contributed by atoms with E-state index >= 15 is 0 Å². The Labute approximate surface area is 63.5 Å². The first-order valence-electron chi connectivity index (χ1n) is 3.28. The third kappa shape index (κ3) is 1.75. The normalized spacial score (nSPS) is 32.4. The average Bonchev–Trinajstić information content (AvgIpc) is 2.05. The van der Waals surface area contributed by atoms with Crippen molar-refractivity contribution in [2.45, 2.75) is 12.2 Å². The van der Waals surface area contributed by atoms with E-state index < -0.39 is 18.0 Å². The monoisotopic (exact) mass is 162 g/mol. The Bertz CT molecular complexity index is 132. The maximum Gasteiger partial charge on any atom is 0.195 e. The first-order chi connectivity index (χ1) is 5.29.